The Morgan fingerprint density at radius 3 is 2.80 bits per heavy atom. The fourth-order valence-corrected chi connectivity index (χ4v) is 1.76. The summed E-state index contributed by atoms with van der Waals surface area (Å²) >= 11 is 0. The van der Waals surface area contributed by atoms with E-state index in [1.54, 1.807) is 0 Å². The number of nitrogens with two attached hydrogens (primary N) is 1. The van der Waals surface area contributed by atoms with Crippen LogP contribution >= 0.6 is 0 Å². The van der Waals surface area contributed by atoms with Crippen molar-refractivity contribution in [2.45, 2.75) is 31.4 Å². The van der Waals surface area contributed by atoms with Crippen molar-refractivity contribution in [1.82, 2.24) is 4.90 Å². The summed E-state index contributed by atoms with van der Waals surface area (Å²) in [5.41, 5.74) is 5.39. The van der Waals surface area contributed by atoms with Crippen LogP contribution in [0.4, 0.5) is 8.78 Å². The number of amides is 1. The topological polar surface area (TPSA) is 55.6 Å². The van der Waals surface area contributed by atoms with Crippen LogP contribution < -0.4 is 5.73 Å². The molecule has 6 heteroatoms. The summed E-state index contributed by atoms with van der Waals surface area (Å²) in [6, 6.07) is -1.32. The molecule has 0 aromatic rings. The van der Waals surface area contributed by atoms with E-state index in [1.807, 2.05) is 0 Å². The number of carbonyl (C=O) groups excluding carboxylic acids is 1. The maximum atomic E-state index is 13.1. The quantitative estimate of drug-likeness (QED) is 0.743. The van der Waals surface area contributed by atoms with Crippen LogP contribution in [0.25, 0.3) is 0 Å². The molecule has 0 unspecified atom stereocenters. The highest BCUT2D eigenvalue weighted by atomic mass is 19.3. The average Bonchev–Trinajstić information content (AvgIpc) is 2.40. The van der Waals surface area contributed by atoms with Crippen LogP contribution in [0.1, 0.15) is 13.3 Å². The molecule has 0 aromatic heterocycles. The maximum absolute atomic E-state index is 13.1. The highest BCUT2D eigenvalue weighted by molar-refractivity contribution is 5.81. The molecule has 1 saturated heterocycles. The highest BCUT2D eigenvalue weighted by Crippen LogP contribution is 2.32. The molecule has 0 spiro atoms. The Hall–Kier alpha value is -0.750. The van der Waals surface area contributed by atoms with Crippen molar-refractivity contribution in [1.29, 1.82) is 0 Å². The third kappa shape index (κ3) is 2.85. The van der Waals surface area contributed by atoms with Crippen LogP contribution in [0.5, 0.6) is 0 Å². The number of hydrogen-bond donors (Lipinski definition) is 1. The Kier molecular flexibility index (Phi) is 3.62. The van der Waals surface area contributed by atoms with Crippen LogP contribution in [-0.2, 0) is 9.53 Å². The van der Waals surface area contributed by atoms with E-state index in [1.165, 1.54) is 14.0 Å². The van der Waals surface area contributed by atoms with Crippen molar-refractivity contribution in [3.05, 3.63) is 0 Å². The van der Waals surface area contributed by atoms with Crippen LogP contribution in [0.3, 0.4) is 0 Å². The first-order chi connectivity index (χ1) is 6.87. The number of likely N-dealkylation sites (tertiary alicyclic amines) is 1. The van der Waals surface area contributed by atoms with Gasteiger partial charge in [-0.05, 0) is 6.92 Å². The number of halogens is 2. The average molecular weight is 222 g/mol. The van der Waals surface area contributed by atoms with E-state index < -0.39 is 30.5 Å². The van der Waals surface area contributed by atoms with Crippen LogP contribution in [0.2, 0.25) is 0 Å². The monoisotopic (exact) mass is 222 g/mol. The molecule has 88 valence electrons. The Bertz CT molecular complexity index is 246. The van der Waals surface area contributed by atoms with Gasteiger partial charge in [-0.15, -0.1) is 0 Å². The van der Waals surface area contributed by atoms with Gasteiger partial charge in [0.05, 0.1) is 25.2 Å². The van der Waals surface area contributed by atoms with Crippen molar-refractivity contribution >= 4 is 5.91 Å². The van der Waals surface area contributed by atoms with Gasteiger partial charge in [0.2, 0.25) is 5.91 Å². The van der Waals surface area contributed by atoms with E-state index in [-0.39, 0.29) is 13.0 Å². The zero-order valence-corrected chi connectivity index (χ0v) is 8.87. The number of rotatable bonds is 3. The van der Waals surface area contributed by atoms with Gasteiger partial charge in [-0.25, -0.2) is 8.78 Å². The van der Waals surface area contributed by atoms with E-state index in [0.29, 0.717) is 0 Å². The third-order valence-electron chi connectivity index (χ3n) is 2.41. The summed E-state index contributed by atoms with van der Waals surface area (Å²) in [6.45, 7) is 1.05. The fourth-order valence-electron chi connectivity index (χ4n) is 1.76. The third-order valence-corrected chi connectivity index (χ3v) is 2.41. The second kappa shape index (κ2) is 4.40. The molecular formula is C9H16F2N2O2. The van der Waals surface area contributed by atoms with Gasteiger partial charge < -0.3 is 15.4 Å². The molecule has 0 aromatic carbocycles. The Morgan fingerprint density at radius 2 is 2.33 bits per heavy atom. The zero-order valence-electron chi connectivity index (χ0n) is 8.87. The summed E-state index contributed by atoms with van der Waals surface area (Å²) in [6.07, 6.45) is -0.348. The smallest absolute Gasteiger partial charge is 0.267 e. The van der Waals surface area contributed by atoms with E-state index in [9.17, 15) is 13.6 Å². The van der Waals surface area contributed by atoms with Gasteiger partial charge >= 0.3 is 0 Å². The SMILES string of the molecule is COC[C@H]1CC(F)(F)CN1C(=O)[C@@H](C)N. The normalized spacial score (nSPS) is 26.7. The molecule has 1 rings (SSSR count). The molecule has 2 atom stereocenters. The molecule has 1 amide bonds. The summed E-state index contributed by atoms with van der Waals surface area (Å²) in [5.74, 6) is -3.28. The Morgan fingerprint density at radius 1 is 1.73 bits per heavy atom. The molecule has 0 radical (unpaired) electrons. The number of hydrogen-bond acceptors (Lipinski definition) is 3. The van der Waals surface area contributed by atoms with Crippen LogP contribution in [0, 0.1) is 0 Å². The minimum Gasteiger partial charge on any atom is -0.383 e. The molecule has 1 aliphatic rings. The van der Waals surface area contributed by atoms with Gasteiger partial charge in [0.15, 0.2) is 0 Å². The lowest BCUT2D eigenvalue weighted by Crippen LogP contribution is -2.46. The first-order valence-corrected chi connectivity index (χ1v) is 4.80. The van der Waals surface area contributed by atoms with E-state index >= 15 is 0 Å². The fraction of sp³-hybridized carbons (Fsp3) is 0.889. The lowest BCUT2D eigenvalue weighted by atomic mass is 10.2. The molecule has 2 N–H and O–H groups in total. The van der Waals surface area contributed by atoms with Gasteiger partial charge in [0, 0.05) is 13.5 Å². The predicted molar refractivity (Wildman–Crippen MR) is 50.6 cm³/mol. The molecule has 0 bridgehead atoms. The van der Waals surface area contributed by atoms with Crippen molar-refractivity contribution in [3.8, 4) is 0 Å². The number of carbonyl (C=O) groups is 1. The second-order valence-electron chi connectivity index (χ2n) is 3.92. The lowest BCUT2D eigenvalue weighted by Gasteiger charge is -2.24. The van der Waals surface area contributed by atoms with Gasteiger partial charge in [0.1, 0.15) is 0 Å². The number of alkyl halides is 2. The van der Waals surface area contributed by atoms with Gasteiger partial charge in [0.25, 0.3) is 5.92 Å². The summed E-state index contributed by atoms with van der Waals surface area (Å²) < 4.78 is 31.0. The maximum Gasteiger partial charge on any atom is 0.267 e. The van der Waals surface area contributed by atoms with Crippen LogP contribution in [0.15, 0.2) is 0 Å². The molecule has 0 saturated carbocycles. The van der Waals surface area contributed by atoms with E-state index in [4.69, 9.17) is 10.5 Å². The molecule has 1 aliphatic heterocycles. The molecule has 4 nitrogen and oxygen atoms in total. The molecule has 1 fully saturated rings. The largest absolute Gasteiger partial charge is 0.383 e. The zero-order chi connectivity index (χ0) is 11.6. The number of ether oxygens (including phenoxy) is 1. The van der Waals surface area contributed by atoms with Gasteiger partial charge in [-0.1, -0.05) is 0 Å². The summed E-state index contributed by atoms with van der Waals surface area (Å²) in [5, 5.41) is 0. The van der Waals surface area contributed by atoms with Gasteiger partial charge in [-0.3, -0.25) is 4.79 Å². The summed E-state index contributed by atoms with van der Waals surface area (Å²) in [4.78, 5) is 12.6. The molecule has 15 heavy (non-hydrogen) atoms. The van der Waals surface area contributed by atoms with Crippen LogP contribution in [-0.4, -0.2) is 49.1 Å². The molecule has 1 heterocycles. The molecular weight excluding hydrogens is 206 g/mol. The summed E-state index contributed by atoms with van der Waals surface area (Å²) in [7, 11) is 1.42. The standard InChI is InChI=1S/C9H16F2N2O2/c1-6(12)8(14)13-5-9(10,11)3-7(13)4-15-2/h6-7H,3-5,12H2,1-2H3/t6-,7-/m1/s1. The van der Waals surface area contributed by atoms with Gasteiger partial charge in [-0.2, -0.15) is 0 Å². The Labute approximate surface area is 87.4 Å². The van der Waals surface area contributed by atoms with Crippen molar-refractivity contribution in [2.75, 3.05) is 20.3 Å². The minimum atomic E-state index is -2.83. The van der Waals surface area contributed by atoms with E-state index in [0.717, 1.165) is 4.90 Å². The lowest BCUT2D eigenvalue weighted by molar-refractivity contribution is -0.135. The molecule has 0 aliphatic carbocycles. The van der Waals surface area contributed by atoms with Crippen molar-refractivity contribution < 1.29 is 18.3 Å². The number of methoxy groups -OCH3 is 1. The van der Waals surface area contributed by atoms with Crippen molar-refractivity contribution in [3.63, 3.8) is 0 Å². The van der Waals surface area contributed by atoms with E-state index in [2.05, 4.69) is 0 Å². The predicted octanol–water partition coefficient (Wildman–Crippen LogP) is 0.216. The first-order valence-electron chi connectivity index (χ1n) is 4.80. The Balaban J connectivity index is 2.72. The number of nitrogens with zero attached hydrogens (tertiary/aromatic N) is 1. The second-order valence-corrected chi connectivity index (χ2v) is 3.92. The van der Waals surface area contributed by atoms with Crippen molar-refractivity contribution in [2.24, 2.45) is 5.73 Å². The first kappa shape index (κ1) is 12.3. The minimum absolute atomic E-state index is 0.119. The highest BCUT2D eigenvalue weighted by Gasteiger charge is 2.47.